The van der Waals surface area contributed by atoms with Crippen molar-refractivity contribution in [2.75, 3.05) is 37.4 Å². The van der Waals surface area contributed by atoms with Crippen LogP contribution in [-0.2, 0) is 11.3 Å². The minimum atomic E-state index is -0.589. The van der Waals surface area contributed by atoms with Crippen molar-refractivity contribution in [3.8, 4) is 11.5 Å². The molecule has 1 saturated heterocycles. The summed E-state index contributed by atoms with van der Waals surface area (Å²) in [6.07, 6.45) is 1.24. The van der Waals surface area contributed by atoms with Crippen LogP contribution >= 0.6 is 11.6 Å². The first-order chi connectivity index (χ1) is 17.5. The highest BCUT2D eigenvalue weighted by atomic mass is 35.5. The molecule has 1 fully saturated rings. The average molecular weight is 511 g/mol. The number of nitrogens with zero attached hydrogens (tertiary/aromatic N) is 3. The smallest absolute Gasteiger partial charge is 0.237 e. The maximum Gasteiger partial charge on any atom is 0.237 e. The minimum Gasteiger partial charge on any atom is -0.493 e. The molecular weight excluding hydrogens is 484 g/mol. The van der Waals surface area contributed by atoms with Crippen LogP contribution in [0.4, 0.5) is 23.0 Å². The third-order valence-electron chi connectivity index (χ3n) is 6.14. The molecule has 1 aromatic heterocycles. The number of hydrogen-bond donors (Lipinski definition) is 4. The Hall–Kier alpha value is -3.60. The third-order valence-corrected chi connectivity index (χ3v) is 6.51. The minimum absolute atomic E-state index is 0.160. The lowest BCUT2D eigenvalue weighted by atomic mass is 10.1. The number of hydrogen-bond acceptors (Lipinski definition) is 9. The van der Waals surface area contributed by atoms with Crippen LogP contribution in [0.1, 0.15) is 12.0 Å². The van der Waals surface area contributed by atoms with Crippen LogP contribution in [0.2, 0.25) is 5.02 Å². The van der Waals surface area contributed by atoms with Gasteiger partial charge in [-0.1, -0.05) is 11.6 Å². The summed E-state index contributed by atoms with van der Waals surface area (Å²) in [6, 6.07) is 12.4. The van der Waals surface area contributed by atoms with Crippen molar-refractivity contribution in [1.29, 1.82) is 0 Å². The number of fused-ring (bicyclic) bond motifs is 7. The fraction of sp³-hybridized carbons (Fsp3) is 0.320. The molecule has 2 aliphatic rings. The predicted octanol–water partition coefficient (Wildman–Crippen LogP) is 3.07. The zero-order valence-electron chi connectivity index (χ0n) is 19.7. The van der Waals surface area contributed by atoms with Crippen molar-refractivity contribution in [3.63, 3.8) is 0 Å². The molecule has 0 spiro atoms. The number of amides is 1. The maximum absolute atomic E-state index is 13.0. The molecule has 36 heavy (non-hydrogen) atoms. The van der Waals surface area contributed by atoms with Crippen molar-refractivity contribution < 1.29 is 19.4 Å². The van der Waals surface area contributed by atoms with Gasteiger partial charge in [-0.3, -0.25) is 9.69 Å². The highest BCUT2D eigenvalue weighted by Crippen LogP contribution is 2.32. The molecule has 2 atom stereocenters. The van der Waals surface area contributed by atoms with Crippen molar-refractivity contribution in [1.82, 2.24) is 20.2 Å². The number of methoxy groups -OCH3 is 1. The van der Waals surface area contributed by atoms with E-state index >= 15 is 0 Å². The summed E-state index contributed by atoms with van der Waals surface area (Å²) in [7, 11) is 1.57. The average Bonchev–Trinajstić information content (AvgIpc) is 3.23. The Kier molecular flexibility index (Phi) is 7.08. The second kappa shape index (κ2) is 10.6. The van der Waals surface area contributed by atoms with Crippen molar-refractivity contribution in [2.24, 2.45) is 0 Å². The lowest BCUT2D eigenvalue weighted by Gasteiger charge is -2.24. The van der Waals surface area contributed by atoms with E-state index in [1.807, 2.05) is 29.2 Å². The number of rotatable bonds is 1. The summed E-state index contributed by atoms with van der Waals surface area (Å²) >= 11 is 6.50. The molecular formula is C25H27ClN6O4. The molecule has 0 radical (unpaired) electrons. The summed E-state index contributed by atoms with van der Waals surface area (Å²) in [6.45, 7) is 1.35. The van der Waals surface area contributed by atoms with Gasteiger partial charge in [0.1, 0.15) is 24.6 Å². The van der Waals surface area contributed by atoms with E-state index in [0.717, 1.165) is 16.9 Å². The summed E-state index contributed by atoms with van der Waals surface area (Å²) in [5, 5.41) is 20.3. The third kappa shape index (κ3) is 5.46. The van der Waals surface area contributed by atoms with E-state index in [4.69, 9.17) is 21.1 Å². The Balaban J connectivity index is 1.48. The van der Waals surface area contributed by atoms with Gasteiger partial charge in [-0.05, 0) is 42.3 Å². The first-order valence-corrected chi connectivity index (χ1v) is 12.0. The molecule has 6 bridgehead atoms. The molecule has 5 rings (SSSR count). The topological polar surface area (TPSA) is 121 Å². The molecule has 3 heterocycles. The van der Waals surface area contributed by atoms with Crippen LogP contribution in [0.25, 0.3) is 0 Å². The Bertz CT molecular complexity index is 1260. The molecule has 4 N–H and O–H groups in total. The first-order valence-electron chi connectivity index (χ1n) is 11.6. The van der Waals surface area contributed by atoms with E-state index in [-0.39, 0.29) is 12.5 Å². The highest BCUT2D eigenvalue weighted by molar-refractivity contribution is 6.31. The van der Waals surface area contributed by atoms with Crippen LogP contribution in [0.3, 0.4) is 0 Å². The van der Waals surface area contributed by atoms with Crippen LogP contribution in [0, 0.1) is 0 Å². The number of halogens is 1. The van der Waals surface area contributed by atoms with Crippen molar-refractivity contribution in [3.05, 3.63) is 59.4 Å². The molecule has 2 aromatic carbocycles. The van der Waals surface area contributed by atoms with Crippen LogP contribution in [0.15, 0.2) is 48.8 Å². The number of ether oxygens (including phenoxy) is 2. The Morgan fingerprint density at radius 2 is 1.86 bits per heavy atom. The van der Waals surface area contributed by atoms with Gasteiger partial charge in [-0.25, -0.2) is 9.97 Å². The lowest BCUT2D eigenvalue weighted by Crippen LogP contribution is -2.44. The fourth-order valence-corrected chi connectivity index (χ4v) is 4.61. The summed E-state index contributed by atoms with van der Waals surface area (Å²) in [5.41, 5.74) is 2.38. The lowest BCUT2D eigenvalue weighted by molar-refractivity contribution is -0.125. The Morgan fingerprint density at radius 3 is 2.64 bits per heavy atom. The van der Waals surface area contributed by atoms with Gasteiger partial charge in [0.25, 0.3) is 0 Å². The van der Waals surface area contributed by atoms with E-state index < -0.39 is 12.1 Å². The van der Waals surface area contributed by atoms with Gasteiger partial charge < -0.3 is 30.5 Å². The predicted molar refractivity (Wildman–Crippen MR) is 136 cm³/mol. The number of aliphatic hydroxyl groups is 1. The van der Waals surface area contributed by atoms with E-state index in [0.29, 0.717) is 54.2 Å². The fourth-order valence-electron chi connectivity index (χ4n) is 4.43. The van der Waals surface area contributed by atoms with Gasteiger partial charge in [0.2, 0.25) is 5.91 Å². The molecule has 0 aliphatic carbocycles. The summed E-state index contributed by atoms with van der Waals surface area (Å²) in [4.78, 5) is 23.6. The van der Waals surface area contributed by atoms with Gasteiger partial charge in [0, 0.05) is 41.6 Å². The van der Waals surface area contributed by atoms with Crippen molar-refractivity contribution >= 4 is 40.5 Å². The molecule has 0 saturated carbocycles. The number of carbonyl (C=O) groups is 1. The second-order valence-corrected chi connectivity index (χ2v) is 9.09. The number of aromatic nitrogens is 2. The van der Waals surface area contributed by atoms with E-state index in [1.54, 1.807) is 25.3 Å². The highest BCUT2D eigenvalue weighted by Gasteiger charge is 2.36. The quantitative estimate of drug-likeness (QED) is 0.391. The van der Waals surface area contributed by atoms with Crippen molar-refractivity contribution in [2.45, 2.75) is 25.1 Å². The number of anilines is 4. The molecule has 0 unspecified atom stereocenters. The summed E-state index contributed by atoms with van der Waals surface area (Å²) in [5.74, 6) is 2.14. The molecule has 1 amide bonds. The largest absolute Gasteiger partial charge is 0.493 e. The zero-order valence-corrected chi connectivity index (χ0v) is 20.5. The summed E-state index contributed by atoms with van der Waals surface area (Å²) < 4.78 is 11.3. The van der Waals surface area contributed by atoms with E-state index in [2.05, 4.69) is 25.9 Å². The number of nitrogens with one attached hydrogen (secondary N) is 3. The molecule has 3 aromatic rings. The number of carbonyl (C=O) groups excluding carboxylic acids is 1. The van der Waals surface area contributed by atoms with Gasteiger partial charge in [-0.2, -0.15) is 0 Å². The van der Waals surface area contributed by atoms with Crippen LogP contribution in [-0.4, -0.2) is 64.8 Å². The number of aliphatic hydroxyl groups excluding tert-OH is 1. The molecule has 2 aliphatic heterocycles. The molecule has 11 heteroatoms. The van der Waals surface area contributed by atoms with Gasteiger partial charge in [-0.15, -0.1) is 0 Å². The zero-order chi connectivity index (χ0) is 25.1. The van der Waals surface area contributed by atoms with Gasteiger partial charge in [0.15, 0.2) is 11.5 Å². The Morgan fingerprint density at radius 1 is 1.11 bits per heavy atom. The first kappa shape index (κ1) is 24.1. The van der Waals surface area contributed by atoms with E-state index in [9.17, 15) is 9.90 Å². The SMILES string of the molecule is COc1ccc2cc1OCCNC(=O)[C@H]1C[C@@H](O)CN1Cc1cc(ccc1Cl)Nc1cc(ncn1)N2. The van der Waals surface area contributed by atoms with Gasteiger partial charge in [0.05, 0.1) is 25.8 Å². The molecule has 10 nitrogen and oxygen atoms in total. The monoisotopic (exact) mass is 510 g/mol. The Labute approximate surface area is 213 Å². The van der Waals surface area contributed by atoms with Crippen LogP contribution < -0.4 is 25.4 Å². The normalized spacial score (nSPS) is 20.4. The van der Waals surface area contributed by atoms with E-state index in [1.165, 1.54) is 6.33 Å². The standard InChI is InChI=1S/C25H27ClN6O4/c1-35-21-5-3-17-9-22(21)36-7-6-27-25(34)20-10-18(33)13-32(20)12-15-8-16(2-4-19(15)26)30-23-11-24(31-17)29-14-28-23/h2-5,8-9,11,14,18,20,33H,6-7,10,12-13H2,1H3,(H,27,34)(H2,28,29,30,31)/t18-,20-/m1/s1. The van der Waals surface area contributed by atoms with Gasteiger partial charge >= 0.3 is 0 Å². The second-order valence-electron chi connectivity index (χ2n) is 8.68. The van der Waals surface area contributed by atoms with Crippen LogP contribution in [0.5, 0.6) is 11.5 Å². The molecule has 188 valence electrons. The number of benzene rings is 2. The maximum atomic E-state index is 13.0.